The van der Waals surface area contributed by atoms with Crippen molar-refractivity contribution in [3.63, 3.8) is 0 Å². The summed E-state index contributed by atoms with van der Waals surface area (Å²) in [5, 5.41) is 1.14. The van der Waals surface area contributed by atoms with Gasteiger partial charge < -0.3 is 10.3 Å². The van der Waals surface area contributed by atoms with E-state index in [0.29, 0.717) is 5.82 Å². The SMILES string of the molecule is CCc1nc2c(N)nc3ccccc3c2n1CCCCSC. The summed E-state index contributed by atoms with van der Waals surface area (Å²) in [7, 11) is 0. The molecule has 0 fully saturated rings. The number of pyridine rings is 1. The molecule has 4 nitrogen and oxygen atoms in total. The summed E-state index contributed by atoms with van der Waals surface area (Å²) in [6.45, 7) is 3.14. The lowest BCUT2D eigenvalue weighted by Gasteiger charge is -2.10. The van der Waals surface area contributed by atoms with Crippen molar-refractivity contribution < 1.29 is 0 Å². The number of thioether (sulfide) groups is 1. The highest BCUT2D eigenvalue weighted by molar-refractivity contribution is 7.98. The van der Waals surface area contributed by atoms with Crippen LogP contribution >= 0.6 is 11.8 Å². The first-order chi connectivity index (χ1) is 10.8. The van der Waals surface area contributed by atoms with E-state index in [2.05, 4.69) is 34.9 Å². The van der Waals surface area contributed by atoms with Gasteiger partial charge in [0.05, 0.1) is 11.0 Å². The lowest BCUT2D eigenvalue weighted by molar-refractivity contribution is 0.623. The average Bonchev–Trinajstić information content (AvgIpc) is 2.91. The number of benzene rings is 1. The molecule has 0 aliphatic rings. The van der Waals surface area contributed by atoms with E-state index in [9.17, 15) is 0 Å². The van der Waals surface area contributed by atoms with Crippen molar-refractivity contribution in [3.05, 3.63) is 30.1 Å². The van der Waals surface area contributed by atoms with Gasteiger partial charge in [0.2, 0.25) is 0 Å². The Hall–Kier alpha value is -1.75. The van der Waals surface area contributed by atoms with Crippen LogP contribution in [0.3, 0.4) is 0 Å². The first kappa shape index (κ1) is 15.2. The van der Waals surface area contributed by atoms with Gasteiger partial charge in [-0.3, -0.25) is 0 Å². The minimum absolute atomic E-state index is 0.534. The lowest BCUT2D eigenvalue weighted by atomic mass is 10.2. The number of nitrogens with two attached hydrogens (primary N) is 1. The second-order valence-electron chi connectivity index (χ2n) is 5.44. The summed E-state index contributed by atoms with van der Waals surface area (Å²) >= 11 is 1.90. The standard InChI is InChI=1S/C17H22N4S/c1-3-14-20-15-16(21(14)10-6-7-11-22-2)12-8-4-5-9-13(12)19-17(15)18/h4-5,8-9H,3,6-7,10-11H2,1-2H3,(H2,18,19). The molecule has 0 saturated heterocycles. The zero-order valence-electron chi connectivity index (χ0n) is 13.2. The number of fused-ring (bicyclic) bond motifs is 3. The first-order valence-electron chi connectivity index (χ1n) is 7.78. The number of aryl methyl sites for hydroxylation is 2. The number of nitrogens with zero attached hydrogens (tertiary/aromatic N) is 3. The lowest BCUT2D eigenvalue weighted by Crippen LogP contribution is -2.04. The highest BCUT2D eigenvalue weighted by Crippen LogP contribution is 2.29. The van der Waals surface area contributed by atoms with E-state index in [-0.39, 0.29) is 0 Å². The molecule has 3 rings (SSSR count). The normalized spacial score (nSPS) is 11.5. The molecular formula is C17H22N4S. The molecule has 0 bridgehead atoms. The third-order valence-corrected chi connectivity index (χ3v) is 4.68. The van der Waals surface area contributed by atoms with Gasteiger partial charge in [-0.05, 0) is 30.9 Å². The van der Waals surface area contributed by atoms with Crippen molar-refractivity contribution in [3.8, 4) is 0 Å². The fraction of sp³-hybridized carbons (Fsp3) is 0.412. The van der Waals surface area contributed by atoms with Crippen LogP contribution in [0.2, 0.25) is 0 Å². The fourth-order valence-corrected chi connectivity index (χ4v) is 3.42. The number of anilines is 1. The largest absolute Gasteiger partial charge is 0.382 e. The average molecular weight is 314 g/mol. The van der Waals surface area contributed by atoms with Gasteiger partial charge in [-0.1, -0.05) is 25.1 Å². The van der Waals surface area contributed by atoms with E-state index in [1.165, 1.54) is 12.2 Å². The second kappa shape index (κ2) is 6.57. The maximum Gasteiger partial charge on any atom is 0.152 e. The molecule has 0 unspecified atom stereocenters. The van der Waals surface area contributed by atoms with Gasteiger partial charge in [-0.25, -0.2) is 9.97 Å². The van der Waals surface area contributed by atoms with Gasteiger partial charge in [0.15, 0.2) is 5.82 Å². The van der Waals surface area contributed by atoms with Crippen LogP contribution in [0.1, 0.15) is 25.6 Å². The third-order valence-electron chi connectivity index (χ3n) is 3.99. The van der Waals surface area contributed by atoms with Crippen molar-refractivity contribution in [1.29, 1.82) is 0 Å². The van der Waals surface area contributed by atoms with Crippen molar-refractivity contribution in [1.82, 2.24) is 14.5 Å². The second-order valence-corrected chi connectivity index (χ2v) is 6.43. The quantitative estimate of drug-likeness (QED) is 0.702. The van der Waals surface area contributed by atoms with E-state index < -0.39 is 0 Å². The Kier molecular flexibility index (Phi) is 4.52. The Morgan fingerprint density at radius 2 is 2.00 bits per heavy atom. The van der Waals surface area contributed by atoms with Gasteiger partial charge in [0, 0.05) is 18.4 Å². The Morgan fingerprint density at radius 3 is 2.77 bits per heavy atom. The molecule has 2 heterocycles. The highest BCUT2D eigenvalue weighted by atomic mass is 32.2. The molecule has 2 aromatic heterocycles. The van der Waals surface area contributed by atoms with Crippen LogP contribution < -0.4 is 5.73 Å². The molecule has 116 valence electrons. The van der Waals surface area contributed by atoms with E-state index in [1.807, 2.05) is 23.9 Å². The third kappa shape index (κ3) is 2.65. The molecular weight excluding hydrogens is 292 g/mol. The predicted molar refractivity (Wildman–Crippen MR) is 96.4 cm³/mol. The molecule has 2 N–H and O–H groups in total. The summed E-state index contributed by atoms with van der Waals surface area (Å²) < 4.78 is 2.34. The zero-order chi connectivity index (χ0) is 15.5. The number of unbranched alkanes of at least 4 members (excludes halogenated alkanes) is 1. The van der Waals surface area contributed by atoms with E-state index in [0.717, 1.165) is 47.1 Å². The Bertz CT molecular complexity index is 794. The summed E-state index contributed by atoms with van der Waals surface area (Å²) in [6, 6.07) is 8.18. The van der Waals surface area contributed by atoms with Crippen LogP contribution in [-0.4, -0.2) is 26.5 Å². The summed E-state index contributed by atoms with van der Waals surface area (Å²) in [5.41, 5.74) is 9.08. The van der Waals surface area contributed by atoms with Crippen LogP contribution in [0.5, 0.6) is 0 Å². The molecule has 22 heavy (non-hydrogen) atoms. The van der Waals surface area contributed by atoms with Crippen molar-refractivity contribution in [2.75, 3.05) is 17.7 Å². The van der Waals surface area contributed by atoms with Crippen LogP contribution in [-0.2, 0) is 13.0 Å². The number of aromatic nitrogens is 3. The maximum atomic E-state index is 6.15. The molecule has 3 aromatic rings. The molecule has 0 radical (unpaired) electrons. The van der Waals surface area contributed by atoms with Crippen molar-refractivity contribution in [2.24, 2.45) is 0 Å². The molecule has 0 aliphatic carbocycles. The minimum atomic E-state index is 0.534. The molecule has 5 heteroatoms. The molecule has 0 saturated carbocycles. The van der Waals surface area contributed by atoms with Crippen molar-refractivity contribution >= 4 is 39.5 Å². The molecule has 0 amide bonds. The topological polar surface area (TPSA) is 56.7 Å². The zero-order valence-corrected chi connectivity index (χ0v) is 14.0. The Labute approximate surface area is 135 Å². The monoisotopic (exact) mass is 314 g/mol. The number of rotatable bonds is 6. The highest BCUT2D eigenvalue weighted by Gasteiger charge is 2.15. The van der Waals surface area contributed by atoms with Crippen molar-refractivity contribution in [2.45, 2.75) is 32.7 Å². The Balaban J connectivity index is 2.15. The van der Waals surface area contributed by atoms with Crippen LogP contribution in [0, 0.1) is 0 Å². The maximum absolute atomic E-state index is 6.15. The van der Waals surface area contributed by atoms with Crippen LogP contribution in [0.4, 0.5) is 5.82 Å². The number of hydrogen-bond donors (Lipinski definition) is 1. The van der Waals surface area contributed by atoms with E-state index in [4.69, 9.17) is 10.7 Å². The Morgan fingerprint density at radius 1 is 1.18 bits per heavy atom. The van der Waals surface area contributed by atoms with Gasteiger partial charge in [0.1, 0.15) is 11.3 Å². The van der Waals surface area contributed by atoms with Crippen LogP contribution in [0.25, 0.3) is 21.9 Å². The predicted octanol–water partition coefficient (Wildman–Crippen LogP) is 3.87. The van der Waals surface area contributed by atoms with E-state index in [1.54, 1.807) is 0 Å². The minimum Gasteiger partial charge on any atom is -0.382 e. The van der Waals surface area contributed by atoms with Gasteiger partial charge in [0.25, 0.3) is 0 Å². The molecule has 0 atom stereocenters. The molecule has 0 spiro atoms. The number of para-hydroxylation sites is 1. The number of imidazole rings is 1. The smallest absolute Gasteiger partial charge is 0.152 e. The molecule has 1 aromatic carbocycles. The fourth-order valence-electron chi connectivity index (χ4n) is 2.93. The van der Waals surface area contributed by atoms with Gasteiger partial charge in [-0.2, -0.15) is 11.8 Å². The summed E-state index contributed by atoms with van der Waals surface area (Å²) in [6.07, 6.45) is 5.45. The summed E-state index contributed by atoms with van der Waals surface area (Å²) in [4.78, 5) is 9.25. The summed E-state index contributed by atoms with van der Waals surface area (Å²) in [5.74, 6) is 2.84. The van der Waals surface area contributed by atoms with E-state index >= 15 is 0 Å². The van der Waals surface area contributed by atoms with Crippen LogP contribution in [0.15, 0.2) is 24.3 Å². The van der Waals surface area contributed by atoms with Gasteiger partial charge in [-0.15, -0.1) is 0 Å². The number of hydrogen-bond acceptors (Lipinski definition) is 4. The number of nitrogen functional groups attached to an aromatic ring is 1. The van der Waals surface area contributed by atoms with Gasteiger partial charge >= 0.3 is 0 Å². The molecule has 0 aliphatic heterocycles. The first-order valence-corrected chi connectivity index (χ1v) is 9.18.